The third-order valence-corrected chi connectivity index (χ3v) is 4.17. The van der Waals surface area contributed by atoms with E-state index in [-0.39, 0.29) is 0 Å². The summed E-state index contributed by atoms with van der Waals surface area (Å²) in [7, 11) is 0. The van der Waals surface area contributed by atoms with Crippen molar-refractivity contribution in [3.05, 3.63) is 11.6 Å². The van der Waals surface area contributed by atoms with Crippen LogP contribution < -0.4 is 5.32 Å². The number of hydrogen-bond acceptors (Lipinski definition) is 2. The Balaban J connectivity index is 1.65. The van der Waals surface area contributed by atoms with Crippen molar-refractivity contribution in [2.24, 2.45) is 0 Å². The lowest BCUT2D eigenvalue weighted by molar-refractivity contribution is 0.206. The molecule has 1 aliphatic heterocycles. The van der Waals surface area contributed by atoms with Crippen molar-refractivity contribution in [2.75, 3.05) is 19.6 Å². The monoisotopic (exact) mass is 236 g/mol. The summed E-state index contributed by atoms with van der Waals surface area (Å²) >= 11 is 0. The lowest BCUT2D eigenvalue weighted by Crippen LogP contribution is -2.45. The SMILES string of the molecule is CC(C)=CCN1CCC(NC2CCCC2)CC1. The Morgan fingerprint density at radius 1 is 1.06 bits per heavy atom. The lowest BCUT2D eigenvalue weighted by atomic mass is 10.0. The van der Waals surface area contributed by atoms with Crippen LogP contribution in [0.4, 0.5) is 0 Å². The van der Waals surface area contributed by atoms with Crippen LogP contribution in [-0.2, 0) is 0 Å². The third kappa shape index (κ3) is 4.44. The number of likely N-dealkylation sites (tertiary alicyclic amines) is 1. The van der Waals surface area contributed by atoms with E-state index in [1.165, 1.54) is 57.2 Å². The van der Waals surface area contributed by atoms with Gasteiger partial charge in [-0.25, -0.2) is 0 Å². The molecule has 1 N–H and O–H groups in total. The molecule has 0 unspecified atom stereocenters. The molecule has 17 heavy (non-hydrogen) atoms. The highest BCUT2D eigenvalue weighted by Gasteiger charge is 2.22. The molecule has 0 atom stereocenters. The third-order valence-electron chi connectivity index (χ3n) is 4.17. The largest absolute Gasteiger partial charge is 0.311 e. The van der Waals surface area contributed by atoms with Crippen LogP contribution in [0.25, 0.3) is 0 Å². The summed E-state index contributed by atoms with van der Waals surface area (Å²) in [4.78, 5) is 2.58. The maximum atomic E-state index is 3.86. The average Bonchev–Trinajstić information content (AvgIpc) is 2.81. The topological polar surface area (TPSA) is 15.3 Å². The molecule has 0 amide bonds. The summed E-state index contributed by atoms with van der Waals surface area (Å²) in [6, 6.07) is 1.63. The second-order valence-corrected chi connectivity index (χ2v) is 6.00. The zero-order valence-corrected chi connectivity index (χ0v) is 11.5. The van der Waals surface area contributed by atoms with E-state index >= 15 is 0 Å². The molecule has 0 spiro atoms. The van der Waals surface area contributed by atoms with E-state index in [0.717, 1.165) is 18.6 Å². The van der Waals surface area contributed by atoms with Crippen LogP contribution in [-0.4, -0.2) is 36.6 Å². The molecule has 1 aliphatic carbocycles. The molecular formula is C15H28N2. The van der Waals surface area contributed by atoms with Gasteiger partial charge in [0.15, 0.2) is 0 Å². The van der Waals surface area contributed by atoms with Crippen molar-refractivity contribution in [3.63, 3.8) is 0 Å². The molecule has 0 aromatic carbocycles. The van der Waals surface area contributed by atoms with Crippen LogP contribution in [0.2, 0.25) is 0 Å². The Labute approximate surface area is 106 Å². The Kier molecular flexibility index (Phi) is 5.05. The summed E-state index contributed by atoms with van der Waals surface area (Å²) < 4.78 is 0. The van der Waals surface area contributed by atoms with E-state index in [2.05, 4.69) is 30.1 Å². The molecule has 98 valence electrons. The Morgan fingerprint density at radius 2 is 1.65 bits per heavy atom. The summed E-state index contributed by atoms with van der Waals surface area (Å²) in [5.41, 5.74) is 1.44. The molecule has 1 heterocycles. The number of nitrogens with zero attached hydrogens (tertiary/aromatic N) is 1. The molecule has 0 aromatic rings. The summed E-state index contributed by atoms with van der Waals surface area (Å²) in [6.45, 7) is 8.07. The minimum absolute atomic E-state index is 0.793. The lowest BCUT2D eigenvalue weighted by Gasteiger charge is -2.33. The minimum atomic E-state index is 0.793. The second-order valence-electron chi connectivity index (χ2n) is 6.00. The number of piperidine rings is 1. The quantitative estimate of drug-likeness (QED) is 0.755. The van der Waals surface area contributed by atoms with Gasteiger partial charge in [-0.1, -0.05) is 24.5 Å². The first kappa shape index (κ1) is 13.1. The predicted molar refractivity (Wildman–Crippen MR) is 74.3 cm³/mol. The molecule has 1 saturated heterocycles. The van der Waals surface area contributed by atoms with Crippen LogP contribution >= 0.6 is 0 Å². The van der Waals surface area contributed by atoms with E-state index in [1.54, 1.807) is 0 Å². The Hall–Kier alpha value is -0.340. The standard InChI is InChI=1S/C15H28N2/c1-13(2)7-10-17-11-8-15(9-12-17)16-14-5-3-4-6-14/h7,14-16H,3-6,8-12H2,1-2H3. The highest BCUT2D eigenvalue weighted by Crippen LogP contribution is 2.20. The van der Waals surface area contributed by atoms with Gasteiger partial charge in [-0.2, -0.15) is 0 Å². The van der Waals surface area contributed by atoms with E-state index < -0.39 is 0 Å². The Bertz CT molecular complexity index is 242. The fourth-order valence-electron chi connectivity index (χ4n) is 3.02. The van der Waals surface area contributed by atoms with Crippen molar-refractivity contribution in [1.82, 2.24) is 10.2 Å². The molecular weight excluding hydrogens is 208 g/mol. The van der Waals surface area contributed by atoms with E-state index in [1.807, 2.05) is 0 Å². The maximum Gasteiger partial charge on any atom is 0.0165 e. The van der Waals surface area contributed by atoms with Crippen molar-refractivity contribution >= 4 is 0 Å². The van der Waals surface area contributed by atoms with Gasteiger partial charge in [-0.05, 0) is 52.6 Å². The molecule has 2 aliphatic rings. The van der Waals surface area contributed by atoms with Gasteiger partial charge in [-0.3, -0.25) is 4.90 Å². The van der Waals surface area contributed by atoms with Gasteiger partial charge < -0.3 is 5.32 Å². The normalized spacial score (nSPS) is 24.1. The van der Waals surface area contributed by atoms with Crippen LogP contribution in [0.3, 0.4) is 0 Å². The van der Waals surface area contributed by atoms with Crippen molar-refractivity contribution in [1.29, 1.82) is 0 Å². The zero-order valence-electron chi connectivity index (χ0n) is 11.5. The molecule has 2 nitrogen and oxygen atoms in total. The molecule has 1 saturated carbocycles. The fraction of sp³-hybridized carbons (Fsp3) is 0.867. The summed E-state index contributed by atoms with van der Waals surface area (Å²) in [5, 5.41) is 3.86. The van der Waals surface area contributed by atoms with E-state index in [0.29, 0.717) is 0 Å². The van der Waals surface area contributed by atoms with Crippen LogP contribution in [0, 0.1) is 0 Å². The maximum absolute atomic E-state index is 3.86. The van der Waals surface area contributed by atoms with Crippen molar-refractivity contribution in [3.8, 4) is 0 Å². The second kappa shape index (κ2) is 6.55. The number of hydrogen-bond donors (Lipinski definition) is 1. The molecule has 0 aromatic heterocycles. The smallest absolute Gasteiger partial charge is 0.0165 e. The van der Waals surface area contributed by atoms with Gasteiger partial charge in [0.25, 0.3) is 0 Å². The van der Waals surface area contributed by atoms with E-state index in [9.17, 15) is 0 Å². The predicted octanol–water partition coefficient (Wildman–Crippen LogP) is 2.95. The van der Waals surface area contributed by atoms with Crippen LogP contribution in [0.15, 0.2) is 11.6 Å². The van der Waals surface area contributed by atoms with Gasteiger partial charge in [0.2, 0.25) is 0 Å². The summed E-state index contributed by atoms with van der Waals surface area (Å²) in [5.74, 6) is 0. The highest BCUT2D eigenvalue weighted by atomic mass is 15.1. The number of nitrogens with one attached hydrogen (secondary N) is 1. The number of rotatable bonds is 4. The first-order valence-corrected chi connectivity index (χ1v) is 7.36. The van der Waals surface area contributed by atoms with Crippen molar-refractivity contribution in [2.45, 2.75) is 64.5 Å². The highest BCUT2D eigenvalue weighted by molar-refractivity contribution is 4.95. The van der Waals surface area contributed by atoms with Crippen LogP contribution in [0.5, 0.6) is 0 Å². The van der Waals surface area contributed by atoms with Gasteiger partial charge in [0.05, 0.1) is 0 Å². The Morgan fingerprint density at radius 3 is 2.24 bits per heavy atom. The molecule has 2 heteroatoms. The van der Waals surface area contributed by atoms with Gasteiger partial charge in [0, 0.05) is 18.6 Å². The number of allylic oxidation sites excluding steroid dienone is 1. The van der Waals surface area contributed by atoms with E-state index in [4.69, 9.17) is 0 Å². The van der Waals surface area contributed by atoms with Gasteiger partial charge in [0.1, 0.15) is 0 Å². The molecule has 2 fully saturated rings. The van der Waals surface area contributed by atoms with Crippen LogP contribution in [0.1, 0.15) is 52.4 Å². The average molecular weight is 236 g/mol. The summed E-state index contributed by atoms with van der Waals surface area (Å²) in [6.07, 6.45) is 10.7. The first-order valence-electron chi connectivity index (χ1n) is 7.36. The van der Waals surface area contributed by atoms with Gasteiger partial charge >= 0.3 is 0 Å². The fourth-order valence-corrected chi connectivity index (χ4v) is 3.02. The molecule has 2 rings (SSSR count). The van der Waals surface area contributed by atoms with Gasteiger partial charge in [-0.15, -0.1) is 0 Å². The molecule has 0 bridgehead atoms. The minimum Gasteiger partial charge on any atom is -0.311 e. The zero-order chi connectivity index (χ0) is 12.1. The first-order chi connectivity index (χ1) is 8.24. The van der Waals surface area contributed by atoms with Crippen molar-refractivity contribution < 1.29 is 0 Å². The molecule has 0 radical (unpaired) electrons.